The number of amides is 1. The SMILES string of the molecule is CCC(Sc1c(=O)o[nH][n+]1-c1ccc(OC)cc1)C(=O)Nc1ccc(I)cc1. The maximum atomic E-state index is 12.7. The first kappa shape index (κ1) is 20.5. The molecule has 28 heavy (non-hydrogen) atoms. The molecular formula is C19H19IN3O4S+. The first-order valence-corrected chi connectivity index (χ1v) is 10.5. The molecule has 3 rings (SSSR count). The van der Waals surface area contributed by atoms with Crippen molar-refractivity contribution in [2.24, 2.45) is 0 Å². The summed E-state index contributed by atoms with van der Waals surface area (Å²) in [4.78, 5) is 24.9. The molecule has 0 saturated heterocycles. The zero-order valence-electron chi connectivity index (χ0n) is 15.3. The Morgan fingerprint density at radius 2 is 1.93 bits per heavy atom. The summed E-state index contributed by atoms with van der Waals surface area (Å²) >= 11 is 3.37. The van der Waals surface area contributed by atoms with Crippen LogP contribution in [-0.4, -0.2) is 23.5 Å². The number of aromatic amines is 1. The lowest BCUT2D eigenvalue weighted by molar-refractivity contribution is -0.704. The minimum absolute atomic E-state index is 0.171. The van der Waals surface area contributed by atoms with Gasteiger partial charge in [-0.3, -0.25) is 9.32 Å². The van der Waals surface area contributed by atoms with E-state index < -0.39 is 10.9 Å². The van der Waals surface area contributed by atoms with Crippen LogP contribution in [0.3, 0.4) is 0 Å². The van der Waals surface area contributed by atoms with E-state index in [4.69, 9.17) is 9.26 Å². The molecule has 2 aromatic carbocycles. The Morgan fingerprint density at radius 3 is 2.54 bits per heavy atom. The Morgan fingerprint density at radius 1 is 1.25 bits per heavy atom. The van der Waals surface area contributed by atoms with Crippen molar-refractivity contribution in [3.8, 4) is 11.4 Å². The molecule has 1 atom stereocenters. The molecule has 0 bridgehead atoms. The van der Waals surface area contributed by atoms with Crippen LogP contribution in [0.25, 0.3) is 5.69 Å². The molecule has 146 valence electrons. The number of ether oxygens (including phenoxy) is 1. The Bertz CT molecular complexity index is 999. The number of thioether (sulfide) groups is 1. The van der Waals surface area contributed by atoms with E-state index in [1.54, 1.807) is 31.4 Å². The van der Waals surface area contributed by atoms with Gasteiger partial charge in [0.25, 0.3) is 0 Å². The monoisotopic (exact) mass is 512 g/mol. The summed E-state index contributed by atoms with van der Waals surface area (Å²) in [5, 5.41) is 5.33. The van der Waals surface area contributed by atoms with Crippen LogP contribution in [-0.2, 0) is 4.79 Å². The molecule has 0 saturated carbocycles. The predicted molar refractivity (Wildman–Crippen MR) is 115 cm³/mol. The van der Waals surface area contributed by atoms with E-state index in [9.17, 15) is 9.59 Å². The number of aromatic nitrogens is 2. The van der Waals surface area contributed by atoms with E-state index in [-0.39, 0.29) is 5.91 Å². The average Bonchev–Trinajstić information content (AvgIpc) is 3.08. The Kier molecular flexibility index (Phi) is 6.79. The molecule has 0 aliphatic rings. The van der Waals surface area contributed by atoms with Gasteiger partial charge in [0.2, 0.25) is 11.6 Å². The quantitative estimate of drug-likeness (QED) is 0.288. The third-order valence-electron chi connectivity index (χ3n) is 3.97. The van der Waals surface area contributed by atoms with Crippen molar-refractivity contribution in [2.75, 3.05) is 12.4 Å². The minimum atomic E-state index is -0.527. The highest BCUT2D eigenvalue weighted by Gasteiger charge is 2.30. The van der Waals surface area contributed by atoms with Crippen LogP contribution in [0.15, 0.2) is 62.9 Å². The molecule has 7 nitrogen and oxygen atoms in total. The van der Waals surface area contributed by atoms with Crippen molar-refractivity contribution in [3.63, 3.8) is 0 Å². The number of carbonyl (C=O) groups excluding carboxylic acids is 1. The highest BCUT2D eigenvalue weighted by molar-refractivity contribution is 14.1. The van der Waals surface area contributed by atoms with Crippen LogP contribution in [0.1, 0.15) is 13.3 Å². The predicted octanol–water partition coefficient (Wildman–Crippen LogP) is 3.37. The van der Waals surface area contributed by atoms with E-state index in [0.717, 1.165) is 15.3 Å². The van der Waals surface area contributed by atoms with Crippen molar-refractivity contribution in [2.45, 2.75) is 23.6 Å². The Hall–Kier alpha value is -2.27. The second kappa shape index (κ2) is 9.28. The smallest absolute Gasteiger partial charge is 0.442 e. The fourth-order valence-corrected chi connectivity index (χ4v) is 3.83. The average molecular weight is 512 g/mol. The normalized spacial score (nSPS) is 11.8. The number of anilines is 1. The highest BCUT2D eigenvalue weighted by Crippen LogP contribution is 2.23. The van der Waals surface area contributed by atoms with Crippen LogP contribution in [0.4, 0.5) is 5.69 Å². The number of rotatable bonds is 7. The maximum absolute atomic E-state index is 12.7. The van der Waals surface area contributed by atoms with Gasteiger partial charge in [-0.15, -0.1) is 0 Å². The highest BCUT2D eigenvalue weighted by atomic mass is 127. The van der Waals surface area contributed by atoms with Crippen molar-refractivity contribution < 1.29 is 18.7 Å². The molecule has 1 heterocycles. The van der Waals surface area contributed by atoms with Gasteiger partial charge in [0.1, 0.15) is 5.75 Å². The van der Waals surface area contributed by atoms with Crippen molar-refractivity contribution >= 4 is 45.9 Å². The number of halogens is 1. The molecule has 0 aliphatic heterocycles. The molecule has 1 unspecified atom stereocenters. The van der Waals surface area contributed by atoms with E-state index >= 15 is 0 Å². The Labute approximate surface area is 179 Å². The van der Waals surface area contributed by atoms with Crippen LogP contribution in [0, 0.1) is 3.57 Å². The Balaban J connectivity index is 1.80. The lowest BCUT2D eigenvalue weighted by atomic mass is 10.3. The van der Waals surface area contributed by atoms with Crippen LogP contribution in [0.5, 0.6) is 5.75 Å². The summed E-state index contributed by atoms with van der Waals surface area (Å²) in [6.45, 7) is 1.90. The number of nitrogens with zero attached hydrogens (tertiary/aromatic N) is 1. The molecule has 0 radical (unpaired) electrons. The van der Waals surface area contributed by atoms with Gasteiger partial charge in [-0.2, -0.15) is 0 Å². The number of methoxy groups -OCH3 is 1. The zero-order chi connectivity index (χ0) is 20.1. The van der Waals surface area contributed by atoms with Crippen molar-refractivity contribution in [1.29, 1.82) is 0 Å². The molecule has 9 heteroatoms. The molecule has 0 spiro atoms. The van der Waals surface area contributed by atoms with Crippen LogP contribution < -0.4 is 20.4 Å². The van der Waals surface area contributed by atoms with Gasteiger partial charge in [0.15, 0.2) is 0 Å². The number of carbonyl (C=O) groups is 1. The second-order valence-electron chi connectivity index (χ2n) is 5.83. The first-order valence-electron chi connectivity index (χ1n) is 8.53. The molecule has 1 aromatic heterocycles. The minimum Gasteiger partial charge on any atom is -0.497 e. The molecular weight excluding hydrogens is 493 g/mol. The summed E-state index contributed by atoms with van der Waals surface area (Å²) in [7, 11) is 1.58. The topological polar surface area (TPSA) is 88.2 Å². The maximum Gasteiger partial charge on any atom is 0.442 e. The van der Waals surface area contributed by atoms with Gasteiger partial charge in [0.05, 0.1) is 12.4 Å². The van der Waals surface area contributed by atoms with Crippen molar-refractivity contribution in [1.82, 2.24) is 5.27 Å². The summed E-state index contributed by atoms with van der Waals surface area (Å²) in [5.41, 5.74) is 0.886. The van der Waals surface area contributed by atoms with E-state index in [1.807, 2.05) is 31.2 Å². The lowest BCUT2D eigenvalue weighted by Crippen LogP contribution is -2.37. The molecule has 0 aliphatic carbocycles. The number of benzene rings is 2. The summed E-state index contributed by atoms with van der Waals surface area (Å²) in [5.74, 6) is 0.531. The van der Waals surface area contributed by atoms with E-state index in [0.29, 0.717) is 28.6 Å². The summed E-state index contributed by atoms with van der Waals surface area (Å²) < 4.78 is 12.7. The number of hydrogen-bond acceptors (Lipinski definition) is 5. The van der Waals surface area contributed by atoms with Gasteiger partial charge >= 0.3 is 10.7 Å². The summed E-state index contributed by atoms with van der Waals surface area (Å²) in [6.07, 6.45) is 0.550. The van der Waals surface area contributed by atoms with Gasteiger partial charge in [0, 0.05) is 21.4 Å². The first-order chi connectivity index (χ1) is 13.5. The van der Waals surface area contributed by atoms with Crippen molar-refractivity contribution in [3.05, 3.63) is 62.5 Å². The molecule has 0 fully saturated rings. The number of H-pyrrole nitrogens is 1. The third-order valence-corrected chi connectivity index (χ3v) is 6.09. The van der Waals surface area contributed by atoms with E-state index in [1.165, 1.54) is 4.68 Å². The molecule has 1 amide bonds. The van der Waals surface area contributed by atoms with Gasteiger partial charge in [-0.1, -0.05) is 6.92 Å². The fourth-order valence-electron chi connectivity index (χ4n) is 2.48. The largest absolute Gasteiger partial charge is 0.497 e. The second-order valence-corrected chi connectivity index (χ2v) is 8.27. The van der Waals surface area contributed by atoms with Crippen LogP contribution >= 0.6 is 34.4 Å². The zero-order valence-corrected chi connectivity index (χ0v) is 18.2. The van der Waals surface area contributed by atoms with Gasteiger partial charge in [-0.25, -0.2) is 4.79 Å². The van der Waals surface area contributed by atoms with Gasteiger partial charge in [-0.05, 0) is 87.1 Å². The number of hydrogen-bond donors (Lipinski definition) is 2. The number of nitrogens with one attached hydrogen (secondary N) is 2. The summed E-state index contributed by atoms with van der Waals surface area (Å²) in [6, 6.07) is 14.7. The molecule has 2 N–H and O–H groups in total. The van der Waals surface area contributed by atoms with Gasteiger partial charge < -0.3 is 10.1 Å². The van der Waals surface area contributed by atoms with Crippen LogP contribution in [0.2, 0.25) is 0 Å². The third kappa shape index (κ3) is 4.76. The molecule has 3 aromatic rings. The lowest BCUT2D eigenvalue weighted by Gasteiger charge is -2.12. The standard InChI is InChI=1S/C19H18IN3O4S/c1-3-16(17(24)21-13-6-4-12(20)5-7-13)28-18-19(25)27-22-23(18)14-8-10-15(26-2)11-9-14/h4-11,16H,3H2,1-2H3,(H-,21,22,24,25)/p+1. The fraction of sp³-hybridized carbons (Fsp3) is 0.211. The van der Waals surface area contributed by atoms with E-state index in [2.05, 4.69) is 33.2 Å².